The molecule has 0 spiro atoms. The van der Waals surface area contributed by atoms with Crippen LogP contribution in [-0.2, 0) is 36.1 Å². The maximum Gasteiger partial charge on any atom is 0.307 e. The van der Waals surface area contributed by atoms with E-state index in [2.05, 4.69) is 78.8 Å². The molecule has 0 saturated carbocycles. The Balaban J connectivity index is 1.20. The van der Waals surface area contributed by atoms with Gasteiger partial charge in [0, 0.05) is 47.4 Å². The smallest absolute Gasteiger partial charge is 0.307 e. The number of carbonyl (C=O) groups is 1. The zero-order valence-electron chi connectivity index (χ0n) is 24.5. The number of aliphatic hydroxyl groups is 1. The zero-order chi connectivity index (χ0) is 30.1. The lowest BCUT2D eigenvalue weighted by molar-refractivity contribution is -0.136. The van der Waals surface area contributed by atoms with Crippen molar-refractivity contribution in [2.75, 3.05) is 23.3 Å². The van der Waals surface area contributed by atoms with Gasteiger partial charge in [0.1, 0.15) is 11.5 Å². The van der Waals surface area contributed by atoms with E-state index in [0.717, 1.165) is 51.7 Å². The number of rotatable bonds is 8. The first-order valence-electron chi connectivity index (χ1n) is 14.4. The molecule has 6 rings (SSSR count). The van der Waals surface area contributed by atoms with Gasteiger partial charge in [-0.2, -0.15) is 0 Å². The average molecular weight is 577 g/mol. The standard InChI is InChI=1S/C36H36N2O5/c1-24(39)16-25-4-10-31(11-5-25)37-20-27-18-29(8-14-33(27)42-22-37)36(2,3)30-9-15-34-28(19-30)21-38(23-43-34)32-12-6-26(7-13-32)17-35(40)41/h4-15,18-19,39H,1,16-17,20-23H2,2-3H3,(H,40,41). The molecule has 0 aliphatic carbocycles. The van der Waals surface area contributed by atoms with Crippen molar-refractivity contribution in [3.05, 3.63) is 131 Å². The predicted molar refractivity (Wildman–Crippen MR) is 168 cm³/mol. The molecule has 0 amide bonds. The molecule has 2 aliphatic heterocycles. The number of hydrogen-bond acceptors (Lipinski definition) is 6. The highest BCUT2D eigenvalue weighted by Gasteiger charge is 2.28. The van der Waals surface area contributed by atoms with E-state index >= 15 is 0 Å². The zero-order valence-corrected chi connectivity index (χ0v) is 24.5. The first-order chi connectivity index (χ1) is 20.7. The molecule has 220 valence electrons. The van der Waals surface area contributed by atoms with Gasteiger partial charge in [-0.15, -0.1) is 0 Å². The molecule has 0 aromatic heterocycles. The first kappa shape index (κ1) is 28.2. The Hall–Kier alpha value is -4.91. The highest BCUT2D eigenvalue weighted by Crippen LogP contribution is 2.39. The molecule has 2 heterocycles. The molecule has 0 bridgehead atoms. The van der Waals surface area contributed by atoms with E-state index < -0.39 is 5.97 Å². The normalized spacial score (nSPS) is 14.3. The monoisotopic (exact) mass is 576 g/mol. The number of carboxylic acid groups (broad SMARTS) is 1. The minimum Gasteiger partial charge on any atom is -0.513 e. The molecule has 0 unspecified atom stereocenters. The molecule has 0 atom stereocenters. The van der Waals surface area contributed by atoms with Crippen LogP contribution in [0.15, 0.2) is 97.3 Å². The van der Waals surface area contributed by atoms with E-state index in [0.29, 0.717) is 26.4 Å². The highest BCUT2D eigenvalue weighted by atomic mass is 16.5. The average Bonchev–Trinajstić information content (AvgIpc) is 3.00. The summed E-state index contributed by atoms with van der Waals surface area (Å²) in [5.41, 5.74) is 8.26. The Morgan fingerprint density at radius 3 is 1.58 bits per heavy atom. The lowest BCUT2D eigenvalue weighted by Gasteiger charge is -2.34. The van der Waals surface area contributed by atoms with Gasteiger partial charge in [-0.25, -0.2) is 0 Å². The molecule has 2 N–H and O–H groups in total. The minimum atomic E-state index is -0.835. The SMILES string of the molecule is C=C(O)Cc1ccc(N2COc3ccc(C(C)(C)c4ccc5c(c4)CN(c4ccc(CC(=O)O)cc4)CO5)cc3C2)cc1. The van der Waals surface area contributed by atoms with E-state index in [1.165, 1.54) is 11.1 Å². The summed E-state index contributed by atoms with van der Waals surface area (Å²) in [6, 6.07) is 28.7. The Morgan fingerprint density at radius 1 is 0.721 bits per heavy atom. The second-order valence-electron chi connectivity index (χ2n) is 11.9. The molecule has 43 heavy (non-hydrogen) atoms. The van der Waals surface area contributed by atoms with Gasteiger partial charge in [-0.3, -0.25) is 4.79 Å². The van der Waals surface area contributed by atoms with E-state index in [9.17, 15) is 9.90 Å². The third kappa shape index (κ3) is 6.02. The van der Waals surface area contributed by atoms with Gasteiger partial charge in [0.15, 0.2) is 13.5 Å². The van der Waals surface area contributed by atoms with Crippen LogP contribution in [0.4, 0.5) is 11.4 Å². The fourth-order valence-electron chi connectivity index (χ4n) is 5.82. The predicted octanol–water partition coefficient (Wildman–Crippen LogP) is 6.97. The molecule has 0 radical (unpaired) electrons. The van der Waals surface area contributed by atoms with Gasteiger partial charge in [0.05, 0.1) is 12.2 Å². The summed E-state index contributed by atoms with van der Waals surface area (Å²) in [4.78, 5) is 15.4. The van der Waals surface area contributed by atoms with Crippen LogP contribution >= 0.6 is 0 Å². The summed E-state index contributed by atoms with van der Waals surface area (Å²) in [5, 5.41) is 18.6. The number of nitrogens with zero attached hydrogens (tertiary/aromatic N) is 2. The topological polar surface area (TPSA) is 82.5 Å². The van der Waals surface area contributed by atoms with Crippen molar-refractivity contribution in [1.82, 2.24) is 0 Å². The van der Waals surface area contributed by atoms with Crippen LogP contribution in [0.3, 0.4) is 0 Å². The summed E-state index contributed by atoms with van der Waals surface area (Å²) >= 11 is 0. The molecule has 4 aromatic carbocycles. The van der Waals surface area contributed by atoms with E-state index in [1.54, 1.807) is 0 Å². The molecule has 7 heteroatoms. The molecule has 0 fully saturated rings. The number of carboxylic acids is 1. The van der Waals surface area contributed by atoms with Gasteiger partial charge in [0.2, 0.25) is 0 Å². The Labute approximate surface area is 252 Å². The van der Waals surface area contributed by atoms with Crippen molar-refractivity contribution in [3.8, 4) is 11.5 Å². The third-order valence-electron chi connectivity index (χ3n) is 8.41. The quantitative estimate of drug-likeness (QED) is 0.219. The lowest BCUT2D eigenvalue weighted by Crippen LogP contribution is -2.33. The highest BCUT2D eigenvalue weighted by molar-refractivity contribution is 5.70. The summed E-state index contributed by atoms with van der Waals surface area (Å²) in [5.74, 6) is 1.12. The van der Waals surface area contributed by atoms with Crippen LogP contribution in [0.1, 0.15) is 47.2 Å². The summed E-state index contributed by atoms with van der Waals surface area (Å²) in [7, 11) is 0. The number of hydrogen-bond donors (Lipinski definition) is 2. The molecule has 7 nitrogen and oxygen atoms in total. The van der Waals surface area contributed by atoms with Crippen LogP contribution in [0.5, 0.6) is 11.5 Å². The van der Waals surface area contributed by atoms with E-state index in [1.807, 2.05) is 36.4 Å². The Bertz CT molecular complexity index is 1540. The minimum absolute atomic E-state index is 0.0141. The van der Waals surface area contributed by atoms with Crippen molar-refractivity contribution in [1.29, 1.82) is 0 Å². The summed E-state index contributed by atoms with van der Waals surface area (Å²) in [6.45, 7) is 10.4. The molecule has 2 aliphatic rings. The summed E-state index contributed by atoms with van der Waals surface area (Å²) < 4.78 is 12.2. The molecular formula is C36H36N2O5. The maximum atomic E-state index is 11.0. The van der Waals surface area contributed by atoms with Crippen LogP contribution in [0, 0.1) is 0 Å². The largest absolute Gasteiger partial charge is 0.513 e. The van der Waals surface area contributed by atoms with Crippen LogP contribution < -0.4 is 19.3 Å². The Kier molecular flexibility index (Phi) is 7.48. The third-order valence-corrected chi connectivity index (χ3v) is 8.41. The van der Waals surface area contributed by atoms with Gasteiger partial charge in [-0.1, -0.05) is 56.8 Å². The maximum absolute atomic E-state index is 11.0. The molecule has 0 saturated heterocycles. The first-order valence-corrected chi connectivity index (χ1v) is 14.4. The van der Waals surface area contributed by atoms with Gasteiger partial charge in [0.25, 0.3) is 0 Å². The summed E-state index contributed by atoms with van der Waals surface area (Å²) in [6.07, 6.45) is 0.465. The van der Waals surface area contributed by atoms with Crippen LogP contribution in [0.2, 0.25) is 0 Å². The van der Waals surface area contributed by atoms with Crippen molar-refractivity contribution in [2.45, 2.75) is 45.2 Å². The van der Waals surface area contributed by atoms with Crippen LogP contribution in [-0.4, -0.2) is 29.6 Å². The fourth-order valence-corrected chi connectivity index (χ4v) is 5.82. The lowest BCUT2D eigenvalue weighted by atomic mass is 9.77. The number of allylic oxidation sites excluding steroid dienone is 1. The molecular weight excluding hydrogens is 540 g/mol. The second-order valence-corrected chi connectivity index (χ2v) is 11.9. The second kappa shape index (κ2) is 11.4. The number of benzene rings is 4. The van der Waals surface area contributed by atoms with E-state index in [4.69, 9.17) is 14.6 Å². The van der Waals surface area contributed by atoms with Gasteiger partial charge in [-0.05, 0) is 70.8 Å². The number of ether oxygens (including phenoxy) is 2. The van der Waals surface area contributed by atoms with Crippen molar-refractivity contribution < 1.29 is 24.5 Å². The van der Waals surface area contributed by atoms with E-state index in [-0.39, 0.29) is 17.6 Å². The Morgan fingerprint density at radius 2 is 1.16 bits per heavy atom. The molecule has 4 aromatic rings. The van der Waals surface area contributed by atoms with Gasteiger partial charge >= 0.3 is 5.97 Å². The van der Waals surface area contributed by atoms with Crippen molar-refractivity contribution >= 4 is 17.3 Å². The van der Waals surface area contributed by atoms with Crippen molar-refractivity contribution in [3.63, 3.8) is 0 Å². The number of anilines is 2. The number of aliphatic hydroxyl groups excluding tert-OH is 1. The van der Waals surface area contributed by atoms with Crippen molar-refractivity contribution in [2.24, 2.45) is 0 Å². The van der Waals surface area contributed by atoms with Gasteiger partial charge < -0.3 is 29.5 Å². The fraction of sp³-hybridized carbons (Fsp3) is 0.250. The number of aliphatic carboxylic acids is 1. The number of fused-ring (bicyclic) bond motifs is 2. The van der Waals surface area contributed by atoms with Crippen LogP contribution in [0.25, 0.3) is 0 Å².